The Labute approximate surface area is 210 Å². The van der Waals surface area contributed by atoms with E-state index in [1.807, 2.05) is 0 Å². The van der Waals surface area contributed by atoms with E-state index in [1.165, 1.54) is 45.3 Å². The molecule has 0 bridgehead atoms. The van der Waals surface area contributed by atoms with E-state index >= 15 is 0 Å². The maximum absolute atomic E-state index is 14.1. The predicted molar refractivity (Wildman–Crippen MR) is 140 cm³/mol. The molecular weight excluding hydrogens is 698 g/mol. The van der Waals surface area contributed by atoms with Crippen molar-refractivity contribution in [3.8, 4) is 0 Å². The van der Waals surface area contributed by atoms with E-state index in [0.717, 1.165) is 5.77 Å². The molecule has 152 valence electrons. The van der Waals surface area contributed by atoms with E-state index in [2.05, 4.69) is 45.2 Å². The molecule has 6 aromatic rings. The molecule has 10 heteroatoms. The first-order chi connectivity index (χ1) is 14.4. The molecule has 0 aliphatic heterocycles. The second-order valence-electron chi connectivity index (χ2n) is 6.17. The summed E-state index contributed by atoms with van der Waals surface area (Å²) in [6, 6.07) is 6.64. The summed E-state index contributed by atoms with van der Waals surface area (Å²) in [7, 11) is 0. The summed E-state index contributed by atoms with van der Waals surface area (Å²) in [6.45, 7) is 0. The van der Waals surface area contributed by atoms with Crippen molar-refractivity contribution in [1.29, 1.82) is 0 Å². The van der Waals surface area contributed by atoms with Gasteiger partial charge in [-0.1, -0.05) is 0 Å². The Bertz CT molecular complexity index is 1360. The highest BCUT2D eigenvalue weighted by molar-refractivity contribution is 14.1. The van der Waals surface area contributed by atoms with Gasteiger partial charge in [-0.2, -0.15) is 0 Å². The molecule has 30 heavy (non-hydrogen) atoms. The fraction of sp³-hybridized carbons (Fsp3) is 0. The van der Waals surface area contributed by atoms with Gasteiger partial charge in [0.15, 0.2) is 0 Å². The third kappa shape index (κ3) is 3.38. The van der Waals surface area contributed by atoms with Crippen molar-refractivity contribution < 1.29 is 17.6 Å². The summed E-state index contributed by atoms with van der Waals surface area (Å²) in [5.41, 5.74) is 0. The number of fused-ring (bicyclic) bond motifs is 4. The van der Waals surface area contributed by atoms with Crippen LogP contribution in [0.1, 0.15) is 0 Å². The number of hydrogen-bond acceptors (Lipinski definition) is 4. The van der Waals surface area contributed by atoms with Crippen LogP contribution in [-0.2, 0) is 0 Å². The second-order valence-corrected chi connectivity index (χ2v) is 13.9. The zero-order chi connectivity index (χ0) is 21.2. The number of halogens is 6. The van der Waals surface area contributed by atoms with Gasteiger partial charge in [-0.25, -0.2) is 17.6 Å². The van der Waals surface area contributed by atoms with Crippen LogP contribution in [0.2, 0.25) is 0 Å². The quantitative estimate of drug-likeness (QED) is 0.109. The lowest BCUT2D eigenvalue weighted by molar-refractivity contribution is 0.638. The first-order valence-corrected chi connectivity index (χ1v) is 13.8. The fourth-order valence-corrected chi connectivity index (χ4v) is 8.45. The number of benzene rings is 2. The van der Waals surface area contributed by atoms with Crippen LogP contribution in [0.5, 0.6) is 0 Å². The molecule has 0 atom stereocenters. The Hall–Kier alpha value is -0.540. The minimum absolute atomic E-state index is 0.293. The van der Waals surface area contributed by atoms with Crippen molar-refractivity contribution in [1.82, 2.24) is 0 Å². The summed E-state index contributed by atoms with van der Waals surface area (Å²) in [4.78, 5) is 0. The molecule has 0 spiro atoms. The molecule has 4 aromatic heterocycles. The van der Waals surface area contributed by atoms with Crippen LogP contribution in [0.3, 0.4) is 0 Å². The van der Waals surface area contributed by atoms with Crippen LogP contribution in [0.25, 0.3) is 40.3 Å². The van der Waals surface area contributed by atoms with Gasteiger partial charge in [-0.05, 0) is 80.2 Å². The largest absolute Gasteiger partial charge is 0.205 e. The molecule has 0 radical (unpaired) electrons. The van der Waals surface area contributed by atoms with E-state index < -0.39 is 0 Å². The molecule has 0 aliphatic carbocycles. The SMILES string of the molecule is Fc1c2cc(I)sc2c(F)c2cc(I)sc12.Fc1c2ccsc2c(F)c2ccsc12. The monoisotopic (exact) mass is 704 g/mol. The van der Waals surface area contributed by atoms with Crippen molar-refractivity contribution in [3.63, 3.8) is 0 Å². The van der Waals surface area contributed by atoms with Crippen LogP contribution in [0.15, 0.2) is 35.0 Å². The van der Waals surface area contributed by atoms with Crippen LogP contribution < -0.4 is 0 Å². The first kappa shape index (κ1) is 21.3. The Balaban J connectivity index is 0.000000130. The Morgan fingerprint density at radius 3 is 1.30 bits per heavy atom. The molecule has 2 aromatic carbocycles. The number of thiophene rings is 4. The Morgan fingerprint density at radius 2 is 0.900 bits per heavy atom. The van der Waals surface area contributed by atoms with Crippen molar-refractivity contribution in [2.75, 3.05) is 0 Å². The molecule has 0 fully saturated rings. The minimum Gasteiger partial charge on any atom is -0.205 e. The maximum Gasteiger partial charge on any atom is 0.149 e. The second kappa shape index (κ2) is 8.10. The van der Waals surface area contributed by atoms with E-state index in [1.54, 1.807) is 35.0 Å². The first-order valence-electron chi connectivity index (χ1n) is 8.23. The fourth-order valence-electron chi connectivity index (χ4n) is 3.17. The predicted octanol–water partition coefficient (Wildman–Crippen LogP) is 10.00. The smallest absolute Gasteiger partial charge is 0.149 e. The lowest BCUT2D eigenvalue weighted by Crippen LogP contribution is -1.81. The van der Waals surface area contributed by atoms with Crippen LogP contribution in [0.4, 0.5) is 17.6 Å². The highest BCUT2D eigenvalue weighted by Crippen LogP contribution is 2.40. The molecule has 4 heterocycles. The van der Waals surface area contributed by atoms with Crippen molar-refractivity contribution in [2.45, 2.75) is 0 Å². The van der Waals surface area contributed by atoms with Crippen molar-refractivity contribution in [2.24, 2.45) is 0 Å². The van der Waals surface area contributed by atoms with Crippen LogP contribution in [-0.4, -0.2) is 0 Å². The molecule has 0 unspecified atom stereocenters. The van der Waals surface area contributed by atoms with Crippen molar-refractivity contribution in [3.05, 3.63) is 64.1 Å². The molecule has 0 aliphatic rings. The third-order valence-corrected chi connectivity index (χ3v) is 10.1. The van der Waals surface area contributed by atoms with Gasteiger partial charge in [0.05, 0.1) is 24.6 Å². The van der Waals surface area contributed by atoms with Gasteiger partial charge in [0.25, 0.3) is 0 Å². The summed E-state index contributed by atoms with van der Waals surface area (Å²) in [5, 5.41) is 5.00. The lowest BCUT2D eigenvalue weighted by Gasteiger charge is -1.97. The zero-order valence-electron chi connectivity index (χ0n) is 14.4. The molecule has 0 amide bonds. The maximum atomic E-state index is 14.1. The van der Waals surface area contributed by atoms with Gasteiger partial charge in [-0.3, -0.25) is 0 Å². The zero-order valence-corrected chi connectivity index (χ0v) is 21.9. The summed E-state index contributed by atoms with van der Waals surface area (Å²) < 4.78 is 59.2. The minimum atomic E-state index is -0.298. The van der Waals surface area contributed by atoms with Crippen LogP contribution in [0, 0.1) is 29.0 Å². The Morgan fingerprint density at radius 1 is 0.533 bits per heavy atom. The normalized spacial score (nSPS) is 11.7. The summed E-state index contributed by atoms with van der Waals surface area (Å²) in [6.07, 6.45) is 0. The van der Waals surface area contributed by atoms with Crippen LogP contribution >= 0.6 is 90.5 Å². The molecule has 6 rings (SSSR count). The van der Waals surface area contributed by atoms with Gasteiger partial charge in [-0.15, -0.1) is 45.3 Å². The number of rotatable bonds is 0. The lowest BCUT2D eigenvalue weighted by atomic mass is 10.2. The van der Waals surface area contributed by atoms with Crippen molar-refractivity contribution >= 4 is 131 Å². The molecule has 0 N–H and O–H groups in total. The highest BCUT2D eigenvalue weighted by Gasteiger charge is 2.18. The molecule has 0 saturated heterocycles. The Kier molecular flexibility index (Phi) is 5.76. The van der Waals surface area contributed by atoms with Gasteiger partial charge in [0.2, 0.25) is 0 Å². The molecule has 0 saturated carbocycles. The van der Waals surface area contributed by atoms with E-state index in [0.29, 0.717) is 40.3 Å². The summed E-state index contributed by atoms with van der Waals surface area (Å²) >= 11 is 9.22. The van der Waals surface area contributed by atoms with Gasteiger partial charge < -0.3 is 0 Å². The van der Waals surface area contributed by atoms with Gasteiger partial charge in [0, 0.05) is 21.5 Å². The van der Waals surface area contributed by atoms with E-state index in [9.17, 15) is 17.6 Å². The molecular formula is C20H6F4I2S4. The van der Waals surface area contributed by atoms with E-state index in [4.69, 9.17) is 0 Å². The molecule has 0 nitrogen and oxygen atoms in total. The van der Waals surface area contributed by atoms with E-state index in [-0.39, 0.29) is 23.3 Å². The standard InChI is InChI=1S/C10H2F2I2S2.C10H4F2S2/c11-7-3-1-5(13)15-9(3)8(12)4-2-6(14)16-10(4)7;11-7-5-1-3-13-9(5)8(12)6-2-4-14-10(6)7/h1-2H;1-4H. The summed E-state index contributed by atoms with van der Waals surface area (Å²) in [5.74, 6) is -1.18. The van der Waals surface area contributed by atoms with Gasteiger partial charge >= 0.3 is 0 Å². The average molecular weight is 704 g/mol. The number of hydrogen-bond donors (Lipinski definition) is 0. The average Bonchev–Trinajstić information content (AvgIpc) is 3.49. The van der Waals surface area contributed by atoms with Gasteiger partial charge in [0.1, 0.15) is 23.3 Å². The highest BCUT2D eigenvalue weighted by atomic mass is 127. The topological polar surface area (TPSA) is 0 Å². The third-order valence-electron chi connectivity index (χ3n) is 4.48.